The van der Waals surface area contributed by atoms with Gasteiger partial charge in [-0.2, -0.15) is 0 Å². The van der Waals surface area contributed by atoms with Crippen LogP contribution in [0.4, 0.5) is 5.69 Å². The maximum absolute atomic E-state index is 11.7. The van der Waals surface area contributed by atoms with Gasteiger partial charge in [0.25, 0.3) is 5.69 Å². The van der Waals surface area contributed by atoms with Crippen LogP contribution in [0.1, 0.15) is 34.6 Å². The summed E-state index contributed by atoms with van der Waals surface area (Å²) in [7, 11) is 0. The second-order valence-corrected chi connectivity index (χ2v) is 3.67. The molecule has 0 heterocycles. The Bertz CT molecular complexity index is 451. The first-order valence-corrected chi connectivity index (χ1v) is 4.75. The molecule has 84 valence electrons. The zero-order valence-corrected chi connectivity index (χ0v) is 8.97. The maximum Gasteiger partial charge on any atom is 0.280 e. The van der Waals surface area contributed by atoms with Crippen LogP contribution in [0.3, 0.4) is 0 Å². The predicted octanol–water partition coefficient (Wildman–Crippen LogP) is 2.25. The van der Waals surface area contributed by atoms with E-state index in [1.807, 2.05) is 0 Å². The van der Waals surface area contributed by atoms with Crippen molar-refractivity contribution in [1.82, 2.24) is 0 Å². The van der Waals surface area contributed by atoms with Crippen molar-refractivity contribution in [2.24, 2.45) is 5.92 Å². The highest BCUT2D eigenvalue weighted by atomic mass is 16.6. The van der Waals surface area contributed by atoms with Crippen molar-refractivity contribution < 1.29 is 14.5 Å². The smallest absolute Gasteiger partial charge is 0.280 e. The first-order chi connectivity index (χ1) is 7.47. The Morgan fingerprint density at radius 2 is 2.06 bits per heavy atom. The van der Waals surface area contributed by atoms with E-state index in [0.29, 0.717) is 6.29 Å². The maximum atomic E-state index is 11.7. The molecule has 0 aliphatic heterocycles. The number of benzene rings is 1. The number of nitro benzene ring substituents is 1. The average molecular weight is 221 g/mol. The molecular weight excluding hydrogens is 210 g/mol. The van der Waals surface area contributed by atoms with Crippen LogP contribution >= 0.6 is 0 Å². The zero-order valence-electron chi connectivity index (χ0n) is 8.97. The summed E-state index contributed by atoms with van der Waals surface area (Å²) in [6.45, 7) is 3.30. The predicted molar refractivity (Wildman–Crippen MR) is 57.7 cm³/mol. The van der Waals surface area contributed by atoms with Gasteiger partial charge in [-0.15, -0.1) is 0 Å². The molecule has 0 aliphatic rings. The Hall–Kier alpha value is -2.04. The van der Waals surface area contributed by atoms with Crippen molar-refractivity contribution in [3.05, 3.63) is 39.4 Å². The number of ketones is 1. The number of aldehydes is 1. The number of carbonyl (C=O) groups excluding carboxylic acids is 2. The molecule has 0 saturated heterocycles. The van der Waals surface area contributed by atoms with Gasteiger partial charge in [0.1, 0.15) is 6.29 Å². The fraction of sp³-hybridized carbons (Fsp3) is 0.273. The van der Waals surface area contributed by atoms with Gasteiger partial charge in [0, 0.05) is 17.5 Å². The Kier molecular flexibility index (Phi) is 3.50. The Labute approximate surface area is 92.2 Å². The van der Waals surface area contributed by atoms with Crippen molar-refractivity contribution in [2.45, 2.75) is 13.8 Å². The van der Waals surface area contributed by atoms with Crippen molar-refractivity contribution in [3.8, 4) is 0 Å². The van der Waals surface area contributed by atoms with Crippen LogP contribution in [0.5, 0.6) is 0 Å². The summed E-state index contributed by atoms with van der Waals surface area (Å²) >= 11 is 0. The highest BCUT2D eigenvalue weighted by Gasteiger charge is 2.22. The first kappa shape index (κ1) is 12.0. The molecule has 1 rings (SSSR count). The van der Waals surface area contributed by atoms with E-state index in [-0.39, 0.29) is 28.5 Å². The second kappa shape index (κ2) is 4.65. The van der Waals surface area contributed by atoms with Gasteiger partial charge < -0.3 is 0 Å². The Morgan fingerprint density at radius 3 is 2.50 bits per heavy atom. The number of Topliss-reactive ketones (excluding diaryl/α,β-unsaturated/α-hetero) is 1. The van der Waals surface area contributed by atoms with Crippen molar-refractivity contribution in [1.29, 1.82) is 0 Å². The van der Waals surface area contributed by atoms with E-state index in [1.54, 1.807) is 13.8 Å². The van der Waals surface area contributed by atoms with Gasteiger partial charge >= 0.3 is 0 Å². The molecule has 0 N–H and O–H groups in total. The molecule has 0 saturated carbocycles. The summed E-state index contributed by atoms with van der Waals surface area (Å²) in [4.78, 5) is 32.4. The number of hydrogen-bond donors (Lipinski definition) is 0. The van der Waals surface area contributed by atoms with E-state index in [2.05, 4.69) is 0 Å². The molecule has 0 amide bonds. The minimum Gasteiger partial charge on any atom is -0.298 e. The van der Waals surface area contributed by atoms with Crippen LogP contribution in [0.2, 0.25) is 0 Å². The molecule has 0 radical (unpaired) electrons. The molecule has 5 heteroatoms. The van der Waals surface area contributed by atoms with Gasteiger partial charge in [-0.1, -0.05) is 13.8 Å². The normalized spacial score (nSPS) is 10.2. The molecule has 1 aromatic rings. The molecular formula is C11H11NO4. The van der Waals surface area contributed by atoms with Gasteiger partial charge in [-0.25, -0.2) is 0 Å². The lowest BCUT2D eigenvalue weighted by Gasteiger charge is -2.05. The highest BCUT2D eigenvalue weighted by molar-refractivity contribution is 6.02. The summed E-state index contributed by atoms with van der Waals surface area (Å²) in [6, 6.07) is 3.76. The third kappa shape index (κ3) is 2.31. The largest absolute Gasteiger partial charge is 0.298 e. The molecule has 16 heavy (non-hydrogen) atoms. The SMILES string of the molecule is CC(C)C(=O)c1cc(C=O)ccc1[N+](=O)[O-]. The van der Waals surface area contributed by atoms with Crippen LogP contribution in [0, 0.1) is 16.0 Å². The van der Waals surface area contributed by atoms with Gasteiger partial charge in [0.15, 0.2) is 5.78 Å². The van der Waals surface area contributed by atoms with Gasteiger partial charge in [-0.05, 0) is 12.1 Å². The van der Waals surface area contributed by atoms with Crippen LogP contribution in [-0.2, 0) is 0 Å². The third-order valence-electron chi connectivity index (χ3n) is 2.14. The molecule has 0 bridgehead atoms. The van der Waals surface area contributed by atoms with E-state index >= 15 is 0 Å². The molecule has 0 atom stereocenters. The number of nitrogens with zero attached hydrogens (tertiary/aromatic N) is 1. The zero-order chi connectivity index (χ0) is 12.3. The molecule has 5 nitrogen and oxygen atoms in total. The molecule has 1 aromatic carbocycles. The summed E-state index contributed by atoms with van der Waals surface area (Å²) in [6.07, 6.45) is 0.556. The Morgan fingerprint density at radius 1 is 1.44 bits per heavy atom. The summed E-state index contributed by atoms with van der Waals surface area (Å²) in [5.74, 6) is -0.684. The van der Waals surface area contributed by atoms with Gasteiger partial charge in [0.05, 0.1) is 10.5 Å². The molecule has 0 spiro atoms. The minimum absolute atomic E-state index is 0.00963. The standard InChI is InChI=1S/C11H11NO4/c1-7(2)11(14)9-5-8(6-13)3-4-10(9)12(15)16/h3-7H,1-2H3. The van der Waals surface area contributed by atoms with Crippen molar-refractivity contribution in [3.63, 3.8) is 0 Å². The fourth-order valence-electron chi connectivity index (χ4n) is 1.29. The Balaban J connectivity index is 3.36. The van der Waals surface area contributed by atoms with E-state index in [4.69, 9.17) is 0 Å². The minimum atomic E-state index is -0.621. The monoisotopic (exact) mass is 221 g/mol. The fourth-order valence-corrected chi connectivity index (χ4v) is 1.29. The first-order valence-electron chi connectivity index (χ1n) is 4.75. The second-order valence-electron chi connectivity index (χ2n) is 3.67. The van der Waals surface area contributed by atoms with Crippen molar-refractivity contribution in [2.75, 3.05) is 0 Å². The number of hydrogen-bond acceptors (Lipinski definition) is 4. The highest BCUT2D eigenvalue weighted by Crippen LogP contribution is 2.22. The lowest BCUT2D eigenvalue weighted by atomic mass is 9.98. The molecule has 0 aromatic heterocycles. The quantitative estimate of drug-likeness (QED) is 0.338. The average Bonchev–Trinajstić information content (AvgIpc) is 2.26. The molecule has 0 unspecified atom stereocenters. The number of carbonyl (C=O) groups is 2. The lowest BCUT2D eigenvalue weighted by Crippen LogP contribution is -2.10. The topological polar surface area (TPSA) is 77.3 Å². The van der Waals surface area contributed by atoms with Crippen LogP contribution < -0.4 is 0 Å². The summed E-state index contributed by atoms with van der Waals surface area (Å²) in [5.41, 5.74) is -0.0106. The third-order valence-corrected chi connectivity index (χ3v) is 2.14. The van der Waals surface area contributed by atoms with E-state index in [0.717, 1.165) is 0 Å². The van der Waals surface area contributed by atoms with Crippen molar-refractivity contribution >= 4 is 17.8 Å². The summed E-state index contributed by atoms with van der Waals surface area (Å²) < 4.78 is 0. The summed E-state index contributed by atoms with van der Waals surface area (Å²) in [5, 5.41) is 10.7. The molecule has 0 aliphatic carbocycles. The molecule has 0 fully saturated rings. The van der Waals surface area contributed by atoms with Crippen LogP contribution in [-0.4, -0.2) is 17.0 Å². The van der Waals surface area contributed by atoms with Crippen LogP contribution in [0.15, 0.2) is 18.2 Å². The van der Waals surface area contributed by atoms with E-state index in [9.17, 15) is 19.7 Å². The number of nitro groups is 1. The van der Waals surface area contributed by atoms with Crippen LogP contribution in [0.25, 0.3) is 0 Å². The number of rotatable bonds is 4. The lowest BCUT2D eigenvalue weighted by molar-refractivity contribution is -0.385. The van der Waals surface area contributed by atoms with E-state index in [1.165, 1.54) is 18.2 Å². The van der Waals surface area contributed by atoms with Gasteiger partial charge in [-0.3, -0.25) is 19.7 Å². The van der Waals surface area contributed by atoms with E-state index < -0.39 is 4.92 Å². The van der Waals surface area contributed by atoms with Gasteiger partial charge in [0.2, 0.25) is 0 Å².